The van der Waals surface area contributed by atoms with Crippen molar-refractivity contribution in [2.75, 3.05) is 6.54 Å². The summed E-state index contributed by atoms with van der Waals surface area (Å²) in [5, 5.41) is 7.26. The molecule has 2 aromatic rings. The monoisotopic (exact) mass is 352 g/mol. The molecule has 0 radical (unpaired) electrons. The number of halogens is 1. The Morgan fingerprint density at radius 2 is 2.05 bits per heavy atom. The van der Waals surface area contributed by atoms with Crippen molar-refractivity contribution in [3.8, 4) is 0 Å². The molecule has 1 amide bonds. The lowest BCUT2D eigenvalue weighted by molar-refractivity contribution is -0.121. The first-order valence-electron chi connectivity index (χ1n) is 7.17. The number of fused-ring (bicyclic) bond motifs is 1. The molecule has 1 aromatic heterocycles. The summed E-state index contributed by atoms with van der Waals surface area (Å²) < 4.78 is 6.86. The van der Waals surface area contributed by atoms with E-state index in [0.717, 1.165) is 21.2 Å². The number of hydrogen-bond donors (Lipinski definition) is 2. The van der Waals surface area contributed by atoms with Crippen LogP contribution in [-0.2, 0) is 4.79 Å². The second kappa shape index (κ2) is 7.09. The third-order valence-electron chi connectivity index (χ3n) is 3.18. The predicted octanol–water partition coefficient (Wildman–Crippen LogP) is 3.76. The molecule has 1 heterocycles. The van der Waals surface area contributed by atoms with Crippen LogP contribution in [0.15, 0.2) is 33.2 Å². The molecule has 1 unspecified atom stereocenters. The first kappa shape index (κ1) is 16.0. The van der Waals surface area contributed by atoms with Crippen molar-refractivity contribution >= 4 is 32.8 Å². The van der Waals surface area contributed by atoms with E-state index in [-0.39, 0.29) is 18.0 Å². The number of benzene rings is 1. The van der Waals surface area contributed by atoms with Gasteiger partial charge in [0.15, 0.2) is 0 Å². The smallest absolute Gasteiger partial charge is 0.221 e. The van der Waals surface area contributed by atoms with Crippen LogP contribution in [0.5, 0.6) is 0 Å². The van der Waals surface area contributed by atoms with Crippen molar-refractivity contribution in [2.45, 2.75) is 39.3 Å². The molecule has 21 heavy (non-hydrogen) atoms. The van der Waals surface area contributed by atoms with Gasteiger partial charge in [-0.05, 0) is 45.0 Å². The van der Waals surface area contributed by atoms with Gasteiger partial charge in [-0.1, -0.05) is 15.9 Å². The molecule has 0 fully saturated rings. The number of amides is 1. The van der Waals surface area contributed by atoms with E-state index in [1.54, 1.807) is 0 Å². The van der Waals surface area contributed by atoms with Gasteiger partial charge in [0.1, 0.15) is 11.3 Å². The summed E-state index contributed by atoms with van der Waals surface area (Å²) in [4.78, 5) is 11.6. The molecule has 5 heteroatoms. The van der Waals surface area contributed by atoms with Crippen LogP contribution in [-0.4, -0.2) is 18.5 Å². The molecule has 0 saturated carbocycles. The molecule has 0 aliphatic rings. The third-order valence-corrected chi connectivity index (χ3v) is 3.67. The fourth-order valence-corrected chi connectivity index (χ4v) is 2.52. The molecule has 2 rings (SSSR count). The van der Waals surface area contributed by atoms with E-state index >= 15 is 0 Å². The average Bonchev–Trinajstić information content (AvgIpc) is 2.80. The second-order valence-corrected chi connectivity index (χ2v) is 6.39. The molecule has 1 atom stereocenters. The lowest BCUT2D eigenvalue weighted by Crippen LogP contribution is -2.33. The van der Waals surface area contributed by atoms with Crippen LogP contribution in [0.25, 0.3) is 11.0 Å². The minimum Gasteiger partial charge on any atom is -0.459 e. The van der Waals surface area contributed by atoms with Crippen molar-refractivity contribution in [2.24, 2.45) is 0 Å². The summed E-state index contributed by atoms with van der Waals surface area (Å²) >= 11 is 3.45. The predicted molar refractivity (Wildman–Crippen MR) is 88.2 cm³/mol. The summed E-state index contributed by atoms with van der Waals surface area (Å²) in [6.45, 7) is 6.58. The van der Waals surface area contributed by atoms with Crippen molar-refractivity contribution < 1.29 is 9.21 Å². The van der Waals surface area contributed by atoms with Gasteiger partial charge in [0.25, 0.3) is 0 Å². The molecular weight excluding hydrogens is 332 g/mol. The highest BCUT2D eigenvalue weighted by molar-refractivity contribution is 9.10. The number of furan rings is 1. The Balaban J connectivity index is 1.90. The highest BCUT2D eigenvalue weighted by Crippen LogP contribution is 2.26. The van der Waals surface area contributed by atoms with Gasteiger partial charge in [0, 0.05) is 28.9 Å². The fraction of sp³-hybridized carbons (Fsp3) is 0.438. The molecule has 0 aliphatic heterocycles. The molecule has 0 spiro atoms. The highest BCUT2D eigenvalue weighted by atomic mass is 79.9. The van der Waals surface area contributed by atoms with Gasteiger partial charge in [-0.25, -0.2) is 0 Å². The molecule has 1 aromatic carbocycles. The Labute approximate surface area is 133 Å². The molecule has 114 valence electrons. The lowest BCUT2D eigenvalue weighted by atomic mass is 10.2. The van der Waals surface area contributed by atoms with Crippen molar-refractivity contribution in [3.63, 3.8) is 0 Å². The van der Waals surface area contributed by atoms with Crippen LogP contribution >= 0.6 is 15.9 Å². The van der Waals surface area contributed by atoms with Crippen LogP contribution in [0, 0.1) is 0 Å². The van der Waals surface area contributed by atoms with E-state index in [2.05, 4.69) is 26.6 Å². The van der Waals surface area contributed by atoms with E-state index in [4.69, 9.17) is 4.42 Å². The maximum Gasteiger partial charge on any atom is 0.221 e. The Morgan fingerprint density at radius 1 is 1.29 bits per heavy atom. The van der Waals surface area contributed by atoms with E-state index in [1.165, 1.54) is 0 Å². The van der Waals surface area contributed by atoms with Gasteiger partial charge in [-0.2, -0.15) is 0 Å². The zero-order valence-electron chi connectivity index (χ0n) is 12.6. The zero-order chi connectivity index (χ0) is 15.4. The zero-order valence-corrected chi connectivity index (χ0v) is 14.2. The lowest BCUT2D eigenvalue weighted by Gasteiger charge is -2.12. The molecular formula is C16H21BrN2O2. The summed E-state index contributed by atoms with van der Waals surface area (Å²) in [5.74, 6) is 0.950. The maximum atomic E-state index is 11.6. The molecule has 0 bridgehead atoms. The highest BCUT2D eigenvalue weighted by Gasteiger charge is 2.12. The topological polar surface area (TPSA) is 54.3 Å². The number of hydrogen-bond acceptors (Lipinski definition) is 3. The van der Waals surface area contributed by atoms with Gasteiger partial charge in [0.05, 0.1) is 6.04 Å². The van der Waals surface area contributed by atoms with E-state index < -0.39 is 0 Å². The van der Waals surface area contributed by atoms with Crippen LogP contribution in [0.3, 0.4) is 0 Å². The van der Waals surface area contributed by atoms with Gasteiger partial charge >= 0.3 is 0 Å². The molecule has 0 saturated heterocycles. The average molecular weight is 353 g/mol. The Hall–Kier alpha value is -1.33. The van der Waals surface area contributed by atoms with Crippen molar-refractivity contribution in [1.29, 1.82) is 0 Å². The Morgan fingerprint density at radius 3 is 2.76 bits per heavy atom. The SMILES string of the molecule is CC(C)NC(=O)CCNC(C)c1cc2cc(Br)ccc2o1. The number of rotatable bonds is 6. The minimum atomic E-state index is 0.0678. The number of carbonyl (C=O) groups is 1. The van der Waals surface area contributed by atoms with E-state index in [1.807, 2.05) is 45.0 Å². The first-order chi connectivity index (χ1) is 9.95. The van der Waals surface area contributed by atoms with Crippen LogP contribution in [0.1, 0.15) is 39.0 Å². The Bertz CT molecular complexity index is 622. The molecule has 4 nitrogen and oxygen atoms in total. The maximum absolute atomic E-state index is 11.6. The summed E-state index contributed by atoms with van der Waals surface area (Å²) in [5.41, 5.74) is 0.874. The standard InChI is InChI=1S/C16H21BrN2O2/c1-10(2)19-16(20)6-7-18-11(3)15-9-12-8-13(17)4-5-14(12)21-15/h4-5,8-11,18H,6-7H2,1-3H3,(H,19,20). The van der Waals surface area contributed by atoms with E-state index in [0.29, 0.717) is 13.0 Å². The fourth-order valence-electron chi connectivity index (χ4n) is 2.15. The van der Waals surface area contributed by atoms with Gasteiger partial charge < -0.3 is 15.1 Å². The van der Waals surface area contributed by atoms with Gasteiger partial charge in [-0.15, -0.1) is 0 Å². The van der Waals surface area contributed by atoms with Crippen molar-refractivity contribution in [3.05, 3.63) is 34.5 Å². The van der Waals surface area contributed by atoms with Gasteiger partial charge in [-0.3, -0.25) is 4.79 Å². The normalized spacial score (nSPS) is 12.8. The summed E-state index contributed by atoms with van der Waals surface area (Å²) in [7, 11) is 0. The number of nitrogens with one attached hydrogen (secondary N) is 2. The molecule has 2 N–H and O–H groups in total. The second-order valence-electron chi connectivity index (χ2n) is 5.48. The van der Waals surface area contributed by atoms with Gasteiger partial charge in [0.2, 0.25) is 5.91 Å². The number of carbonyl (C=O) groups excluding carboxylic acids is 1. The minimum absolute atomic E-state index is 0.0678. The van der Waals surface area contributed by atoms with Crippen LogP contribution in [0.4, 0.5) is 0 Å². The Kier molecular flexibility index (Phi) is 5.42. The third kappa shape index (κ3) is 4.58. The van der Waals surface area contributed by atoms with Crippen LogP contribution in [0.2, 0.25) is 0 Å². The summed E-state index contributed by atoms with van der Waals surface area (Å²) in [6.07, 6.45) is 0.467. The van der Waals surface area contributed by atoms with Crippen molar-refractivity contribution in [1.82, 2.24) is 10.6 Å². The quantitative estimate of drug-likeness (QED) is 0.831. The summed E-state index contributed by atoms with van der Waals surface area (Å²) in [6, 6.07) is 8.24. The first-order valence-corrected chi connectivity index (χ1v) is 7.96. The van der Waals surface area contributed by atoms with Crippen LogP contribution < -0.4 is 10.6 Å². The van der Waals surface area contributed by atoms with E-state index in [9.17, 15) is 4.79 Å². The largest absolute Gasteiger partial charge is 0.459 e. The molecule has 0 aliphatic carbocycles.